The number of carbonyl (C=O) groups is 2. The highest BCUT2D eigenvalue weighted by molar-refractivity contribution is 6.17. The first-order valence-electron chi connectivity index (χ1n) is 14.5. The Hall–Kier alpha value is -5.37. The van der Waals surface area contributed by atoms with E-state index >= 15 is 4.79 Å². The standard InChI is InChI=1S/C36H28N2O6/c1-20-8-10-23(11-9-20)17-37-27-7-5-4-6-26(27)36(35(37)41)31-32(39)25-14-21(2)22(3)15-29(25)44-33(31)34(40)38(36)18-24-12-13-28-30(16-24)43-19-42-28/h4-16H,17-19H2,1-3H3. The van der Waals surface area contributed by atoms with Gasteiger partial charge in [-0.3, -0.25) is 14.4 Å². The lowest BCUT2D eigenvalue weighted by Gasteiger charge is -2.34. The number of benzene rings is 4. The molecule has 0 aliphatic carbocycles. The van der Waals surface area contributed by atoms with Gasteiger partial charge in [0, 0.05) is 12.1 Å². The van der Waals surface area contributed by atoms with Crippen molar-refractivity contribution in [3.05, 3.63) is 134 Å². The number of para-hydroxylation sites is 1. The number of anilines is 1. The summed E-state index contributed by atoms with van der Waals surface area (Å²) in [5, 5.41) is 0.339. The minimum Gasteiger partial charge on any atom is -0.454 e. The van der Waals surface area contributed by atoms with Gasteiger partial charge in [-0.25, -0.2) is 0 Å². The first kappa shape index (κ1) is 26.3. The van der Waals surface area contributed by atoms with Crippen molar-refractivity contribution in [1.29, 1.82) is 0 Å². The Labute approximate surface area is 253 Å². The van der Waals surface area contributed by atoms with Crippen LogP contribution in [0.25, 0.3) is 11.0 Å². The van der Waals surface area contributed by atoms with Gasteiger partial charge in [0.05, 0.1) is 23.2 Å². The number of nitrogens with zero attached hydrogens (tertiary/aromatic N) is 2. The summed E-state index contributed by atoms with van der Waals surface area (Å²) in [5.41, 5.74) is 4.10. The quantitative estimate of drug-likeness (QED) is 0.262. The number of fused-ring (bicyclic) bond motifs is 6. The summed E-state index contributed by atoms with van der Waals surface area (Å²) < 4.78 is 17.4. The molecule has 0 saturated carbocycles. The topological polar surface area (TPSA) is 89.3 Å². The van der Waals surface area contributed by atoms with E-state index in [-0.39, 0.29) is 42.5 Å². The van der Waals surface area contributed by atoms with E-state index in [0.29, 0.717) is 33.7 Å². The smallest absolute Gasteiger partial charge is 0.291 e. The van der Waals surface area contributed by atoms with Gasteiger partial charge in [-0.05, 0) is 73.4 Å². The van der Waals surface area contributed by atoms with Gasteiger partial charge in [-0.1, -0.05) is 54.1 Å². The molecule has 0 N–H and O–H groups in total. The van der Waals surface area contributed by atoms with Crippen LogP contribution in [0.2, 0.25) is 0 Å². The van der Waals surface area contributed by atoms with Gasteiger partial charge < -0.3 is 23.7 Å². The lowest BCUT2D eigenvalue weighted by Crippen LogP contribution is -2.52. The van der Waals surface area contributed by atoms with Gasteiger partial charge >= 0.3 is 0 Å². The molecule has 8 heteroatoms. The molecule has 218 valence electrons. The maximum absolute atomic E-state index is 15.1. The van der Waals surface area contributed by atoms with E-state index in [1.807, 2.05) is 75.4 Å². The van der Waals surface area contributed by atoms with Crippen molar-refractivity contribution in [3.63, 3.8) is 0 Å². The molecular formula is C36H28N2O6. The lowest BCUT2D eigenvalue weighted by atomic mass is 9.83. The average molecular weight is 585 g/mol. The Morgan fingerprint density at radius 2 is 1.50 bits per heavy atom. The van der Waals surface area contributed by atoms with E-state index < -0.39 is 11.4 Å². The first-order chi connectivity index (χ1) is 21.3. The van der Waals surface area contributed by atoms with Gasteiger partial charge in [0.25, 0.3) is 11.8 Å². The molecule has 1 aromatic heterocycles. The van der Waals surface area contributed by atoms with E-state index in [1.54, 1.807) is 29.2 Å². The molecule has 44 heavy (non-hydrogen) atoms. The van der Waals surface area contributed by atoms with Crippen molar-refractivity contribution < 1.29 is 23.5 Å². The minimum absolute atomic E-state index is 0.0337. The van der Waals surface area contributed by atoms with Crippen LogP contribution in [0.5, 0.6) is 11.5 Å². The Balaban J connectivity index is 1.38. The maximum atomic E-state index is 15.1. The summed E-state index contributed by atoms with van der Waals surface area (Å²) in [4.78, 5) is 47.3. The van der Waals surface area contributed by atoms with E-state index in [1.165, 1.54) is 4.90 Å². The molecule has 0 saturated heterocycles. The third-order valence-electron chi connectivity index (χ3n) is 9.09. The van der Waals surface area contributed by atoms with Crippen LogP contribution >= 0.6 is 0 Å². The summed E-state index contributed by atoms with van der Waals surface area (Å²) in [5.74, 6) is 0.176. The van der Waals surface area contributed by atoms with Gasteiger partial charge in [0.15, 0.2) is 22.5 Å². The number of carbonyl (C=O) groups excluding carboxylic acids is 2. The van der Waals surface area contributed by atoms with Gasteiger partial charge in [0.2, 0.25) is 12.6 Å². The zero-order valence-corrected chi connectivity index (χ0v) is 24.5. The highest BCUT2D eigenvalue weighted by Gasteiger charge is 2.65. The van der Waals surface area contributed by atoms with E-state index in [0.717, 1.165) is 27.8 Å². The molecule has 0 fully saturated rings. The van der Waals surface area contributed by atoms with Crippen molar-refractivity contribution in [2.45, 2.75) is 39.4 Å². The third-order valence-corrected chi connectivity index (χ3v) is 9.09. The molecule has 5 aromatic rings. The highest BCUT2D eigenvalue weighted by atomic mass is 16.7. The molecule has 1 atom stereocenters. The molecule has 8 nitrogen and oxygen atoms in total. The summed E-state index contributed by atoms with van der Waals surface area (Å²) in [6.45, 7) is 6.28. The number of ether oxygens (including phenoxy) is 2. The number of amides is 2. The molecule has 4 aromatic carbocycles. The van der Waals surface area contributed by atoms with Gasteiger partial charge in [-0.15, -0.1) is 0 Å². The van der Waals surface area contributed by atoms with Crippen molar-refractivity contribution in [2.75, 3.05) is 11.7 Å². The van der Waals surface area contributed by atoms with Crippen LogP contribution in [-0.4, -0.2) is 23.5 Å². The van der Waals surface area contributed by atoms with Crippen LogP contribution < -0.4 is 19.8 Å². The first-order valence-corrected chi connectivity index (χ1v) is 14.5. The maximum Gasteiger partial charge on any atom is 0.291 e. The largest absolute Gasteiger partial charge is 0.454 e. The zero-order chi connectivity index (χ0) is 30.3. The molecule has 0 bridgehead atoms. The summed E-state index contributed by atoms with van der Waals surface area (Å²) in [6.07, 6.45) is 0. The Kier molecular flexibility index (Phi) is 5.56. The van der Waals surface area contributed by atoms with Crippen LogP contribution in [0.4, 0.5) is 5.69 Å². The van der Waals surface area contributed by atoms with Crippen LogP contribution in [-0.2, 0) is 23.4 Å². The predicted octanol–water partition coefficient (Wildman–Crippen LogP) is 5.89. The molecule has 4 heterocycles. The second-order valence-corrected chi connectivity index (χ2v) is 11.8. The summed E-state index contributed by atoms with van der Waals surface area (Å²) in [7, 11) is 0. The predicted molar refractivity (Wildman–Crippen MR) is 164 cm³/mol. The molecule has 3 aliphatic rings. The van der Waals surface area contributed by atoms with Crippen molar-refractivity contribution >= 4 is 28.5 Å². The fourth-order valence-corrected chi connectivity index (χ4v) is 6.72. The van der Waals surface area contributed by atoms with Crippen molar-refractivity contribution in [1.82, 2.24) is 4.90 Å². The third kappa shape index (κ3) is 3.54. The van der Waals surface area contributed by atoms with E-state index in [4.69, 9.17) is 13.9 Å². The van der Waals surface area contributed by atoms with E-state index in [2.05, 4.69) is 0 Å². The van der Waals surface area contributed by atoms with Crippen LogP contribution in [0, 0.1) is 20.8 Å². The van der Waals surface area contributed by atoms with Crippen LogP contribution in [0.3, 0.4) is 0 Å². The SMILES string of the molecule is Cc1ccc(CN2C(=O)C3(c4ccccc42)c2c(oc4cc(C)c(C)cc4c2=O)C(=O)N3Cc2ccc3c(c2)OCO3)cc1. The molecule has 3 aliphatic heterocycles. The van der Waals surface area contributed by atoms with Gasteiger partial charge in [0.1, 0.15) is 5.58 Å². The minimum atomic E-state index is -1.72. The number of rotatable bonds is 4. The molecule has 2 amide bonds. The molecule has 8 rings (SSSR count). The van der Waals surface area contributed by atoms with Crippen molar-refractivity contribution in [2.24, 2.45) is 0 Å². The summed E-state index contributed by atoms with van der Waals surface area (Å²) in [6, 6.07) is 24.4. The fraction of sp³-hybridized carbons (Fsp3) is 0.194. The average Bonchev–Trinajstić information content (AvgIpc) is 3.65. The monoisotopic (exact) mass is 584 g/mol. The Morgan fingerprint density at radius 1 is 0.773 bits per heavy atom. The normalized spacial score (nSPS) is 18.1. The van der Waals surface area contributed by atoms with Crippen molar-refractivity contribution in [3.8, 4) is 11.5 Å². The Morgan fingerprint density at radius 3 is 2.32 bits per heavy atom. The number of hydrogen-bond acceptors (Lipinski definition) is 6. The van der Waals surface area contributed by atoms with E-state index in [9.17, 15) is 9.59 Å². The molecule has 1 spiro atoms. The second kappa shape index (κ2) is 9.31. The van der Waals surface area contributed by atoms with Crippen LogP contribution in [0.1, 0.15) is 49.5 Å². The highest BCUT2D eigenvalue weighted by Crippen LogP contribution is 2.53. The van der Waals surface area contributed by atoms with Crippen LogP contribution in [0.15, 0.2) is 88.1 Å². The lowest BCUT2D eigenvalue weighted by molar-refractivity contribution is -0.126. The Bertz CT molecular complexity index is 2110. The number of aryl methyl sites for hydroxylation is 3. The fourth-order valence-electron chi connectivity index (χ4n) is 6.72. The molecule has 1 unspecified atom stereocenters. The molecular weight excluding hydrogens is 556 g/mol. The number of hydrogen-bond donors (Lipinski definition) is 0. The summed E-state index contributed by atoms with van der Waals surface area (Å²) >= 11 is 0. The second-order valence-electron chi connectivity index (χ2n) is 11.8. The molecule has 0 radical (unpaired) electrons. The zero-order valence-electron chi connectivity index (χ0n) is 24.5. The van der Waals surface area contributed by atoms with Gasteiger partial charge in [-0.2, -0.15) is 0 Å².